The van der Waals surface area contributed by atoms with Gasteiger partial charge in [0.25, 0.3) is 0 Å². The maximum atomic E-state index is 11.1. The van der Waals surface area contributed by atoms with Crippen molar-refractivity contribution < 1.29 is 28.0 Å². The molecular weight excluding hydrogens is 308 g/mol. The number of ether oxygens (including phenoxy) is 1. The molecule has 88 valence electrons. The van der Waals surface area contributed by atoms with Crippen LogP contribution >= 0.6 is 9.53 Å². The van der Waals surface area contributed by atoms with Gasteiger partial charge in [0.05, 0.1) is 7.11 Å². The zero-order valence-corrected chi connectivity index (χ0v) is 11.2. The summed E-state index contributed by atoms with van der Waals surface area (Å²) >= 11 is 2.22. The summed E-state index contributed by atoms with van der Waals surface area (Å²) in [4.78, 5) is 2.04. The number of hydrogen-bond acceptors (Lipinski definition) is 3. The molecule has 0 atom stereocenters. The molecule has 0 amide bonds. The Balaban J connectivity index is 0.000000921. The molecule has 1 aromatic rings. The van der Waals surface area contributed by atoms with Gasteiger partial charge in [0.15, 0.2) is 0 Å². The first-order valence-electron chi connectivity index (χ1n) is 4.24. The number of rotatable bonds is 3. The molecule has 5 heteroatoms. The van der Waals surface area contributed by atoms with Crippen LogP contribution < -0.4 is 9.84 Å². The summed E-state index contributed by atoms with van der Waals surface area (Å²) in [6, 6.07) is 5.14. The van der Waals surface area contributed by atoms with Gasteiger partial charge in [0.1, 0.15) is 5.75 Å². The third kappa shape index (κ3) is 5.39. The summed E-state index contributed by atoms with van der Waals surface area (Å²) in [7, 11) is 9.97. The molecule has 0 saturated carbocycles. The normalized spacial score (nSPS) is 9.53. The predicted molar refractivity (Wildman–Crippen MR) is 55.7 cm³/mol. The van der Waals surface area contributed by atoms with Gasteiger partial charge in [-0.1, -0.05) is 17.9 Å². The number of nitrogens with zero attached hydrogens (tertiary/aromatic N) is 1. The topological polar surface area (TPSA) is 35.5 Å². The molecule has 3 nitrogen and oxygen atoms in total. The summed E-state index contributed by atoms with van der Waals surface area (Å²) in [5, 5.41) is 11.1. The fraction of sp³-hybridized carbons (Fsp3) is 0.400. The standard InChI is InChI=1S/C10H15NO2.ClH.Pd/c1-11(2)7-8-4-5-9(12)10(6-8)13-3;;/h4-6,12H,7H2,1-3H3;1H;/q;;+2/p-2. The Kier molecular flexibility index (Phi) is 7.81. The summed E-state index contributed by atoms with van der Waals surface area (Å²) in [6.07, 6.45) is 0. The van der Waals surface area contributed by atoms with Crippen molar-refractivity contribution >= 4 is 9.53 Å². The quantitative estimate of drug-likeness (QED) is 0.792. The van der Waals surface area contributed by atoms with Crippen molar-refractivity contribution in [2.24, 2.45) is 0 Å². The molecule has 0 saturated heterocycles. The van der Waals surface area contributed by atoms with Crippen molar-refractivity contribution in [2.75, 3.05) is 21.2 Å². The van der Waals surface area contributed by atoms with Crippen molar-refractivity contribution in [2.45, 2.75) is 6.54 Å². The monoisotopic (exact) mass is 321 g/mol. The molecule has 0 unspecified atom stereocenters. The summed E-state index contributed by atoms with van der Waals surface area (Å²) in [5.41, 5.74) is 1.08. The first-order valence-corrected chi connectivity index (χ1v) is 6.24. The Morgan fingerprint density at radius 2 is 2.00 bits per heavy atom. The minimum atomic E-state index is -0.0648. The summed E-state index contributed by atoms with van der Waals surface area (Å²) in [5.74, 6) is 0.351. The van der Waals surface area contributed by atoms with E-state index in [2.05, 4.69) is 27.7 Å². The van der Waals surface area contributed by atoms with E-state index in [1.165, 1.54) is 13.2 Å². The molecule has 0 fully saturated rings. The van der Waals surface area contributed by atoms with E-state index < -0.39 is 0 Å². The van der Waals surface area contributed by atoms with Crippen molar-refractivity contribution in [3.8, 4) is 11.5 Å². The number of halogens is 1. The maximum absolute atomic E-state index is 11.1. The van der Waals surface area contributed by atoms with Gasteiger partial charge in [0, 0.05) is 6.54 Å². The molecule has 0 spiro atoms. The van der Waals surface area contributed by atoms with Crippen LogP contribution in [0.2, 0.25) is 0 Å². The van der Waals surface area contributed by atoms with Crippen LogP contribution in [-0.4, -0.2) is 26.1 Å². The average Bonchev–Trinajstić information content (AvgIpc) is 2.23. The van der Waals surface area contributed by atoms with E-state index in [0.717, 1.165) is 12.1 Å². The van der Waals surface area contributed by atoms with Gasteiger partial charge in [0.2, 0.25) is 0 Å². The predicted octanol–water partition coefficient (Wildman–Crippen LogP) is 1.52. The second-order valence-electron chi connectivity index (χ2n) is 3.22. The summed E-state index contributed by atoms with van der Waals surface area (Å²) in [6.45, 7) is 0.816. The second kappa shape index (κ2) is 7.95. The zero-order chi connectivity index (χ0) is 11.8. The Morgan fingerprint density at radius 1 is 1.40 bits per heavy atom. The number of benzene rings is 1. The SMILES string of the molecule is COc1cc(CN(C)C)ccc1[O-].[Cl][Pd+]. The molecule has 0 N–H and O–H groups in total. The molecule has 0 aliphatic heterocycles. The van der Waals surface area contributed by atoms with Crippen molar-refractivity contribution in [3.63, 3.8) is 0 Å². The Morgan fingerprint density at radius 3 is 2.47 bits per heavy atom. The first kappa shape index (κ1) is 14.7. The van der Waals surface area contributed by atoms with E-state index in [0.29, 0.717) is 5.75 Å². The van der Waals surface area contributed by atoms with Crippen LogP contribution in [0.15, 0.2) is 18.2 Å². The fourth-order valence-corrected chi connectivity index (χ4v) is 1.18. The van der Waals surface area contributed by atoms with Crippen LogP contribution in [0.1, 0.15) is 5.56 Å². The van der Waals surface area contributed by atoms with Crippen molar-refractivity contribution in [1.29, 1.82) is 0 Å². The third-order valence-corrected chi connectivity index (χ3v) is 1.73. The fourth-order valence-electron chi connectivity index (χ4n) is 1.18. The van der Waals surface area contributed by atoms with Crippen LogP contribution in [0.4, 0.5) is 0 Å². The second-order valence-corrected chi connectivity index (χ2v) is 3.22. The van der Waals surface area contributed by atoms with Gasteiger partial charge in [-0.15, -0.1) is 0 Å². The molecule has 0 aliphatic carbocycles. The van der Waals surface area contributed by atoms with Crippen LogP contribution in [0.3, 0.4) is 0 Å². The molecule has 0 heterocycles. The molecule has 0 bridgehead atoms. The molecule has 0 aliphatic rings. The van der Waals surface area contributed by atoms with Crippen LogP contribution in [0.25, 0.3) is 0 Å². The molecule has 0 radical (unpaired) electrons. The molecular formula is C10H14ClNO2Pd. The first-order chi connectivity index (χ1) is 7.13. The van der Waals surface area contributed by atoms with E-state index >= 15 is 0 Å². The van der Waals surface area contributed by atoms with Crippen molar-refractivity contribution in [1.82, 2.24) is 4.90 Å². The van der Waals surface area contributed by atoms with Crippen LogP contribution in [0, 0.1) is 0 Å². The van der Waals surface area contributed by atoms with Gasteiger partial charge in [-0.2, -0.15) is 0 Å². The molecule has 0 aromatic heterocycles. The van der Waals surface area contributed by atoms with Gasteiger partial charge in [-0.05, 0) is 25.7 Å². The minimum absolute atomic E-state index is 0.0648. The molecule has 1 aromatic carbocycles. The van der Waals surface area contributed by atoms with Crippen LogP contribution in [0.5, 0.6) is 11.5 Å². The van der Waals surface area contributed by atoms with Crippen molar-refractivity contribution in [3.05, 3.63) is 23.8 Å². The average molecular weight is 322 g/mol. The van der Waals surface area contributed by atoms with E-state index in [-0.39, 0.29) is 5.75 Å². The van der Waals surface area contributed by atoms with Gasteiger partial charge in [-0.3, -0.25) is 0 Å². The third-order valence-electron chi connectivity index (χ3n) is 1.73. The van der Waals surface area contributed by atoms with E-state index in [1.807, 2.05) is 25.1 Å². The van der Waals surface area contributed by atoms with E-state index in [1.54, 1.807) is 6.07 Å². The van der Waals surface area contributed by atoms with Gasteiger partial charge < -0.3 is 14.7 Å². The number of hydrogen-bond donors (Lipinski definition) is 0. The zero-order valence-electron chi connectivity index (χ0n) is 8.90. The van der Waals surface area contributed by atoms with E-state index in [4.69, 9.17) is 4.74 Å². The Labute approximate surface area is 105 Å². The Bertz CT molecular complexity index is 295. The molecule has 15 heavy (non-hydrogen) atoms. The van der Waals surface area contributed by atoms with E-state index in [9.17, 15) is 5.11 Å². The Hall–Kier alpha value is -0.268. The van der Waals surface area contributed by atoms with Gasteiger partial charge >= 0.3 is 27.7 Å². The number of methoxy groups -OCH3 is 1. The summed E-state index contributed by atoms with van der Waals surface area (Å²) < 4.78 is 4.94. The molecule has 1 rings (SSSR count). The van der Waals surface area contributed by atoms with Crippen LogP contribution in [-0.2, 0) is 24.7 Å². The van der Waals surface area contributed by atoms with Gasteiger partial charge in [-0.25, -0.2) is 0 Å².